The van der Waals surface area contributed by atoms with Gasteiger partial charge < -0.3 is 19.3 Å². The van der Waals surface area contributed by atoms with Crippen molar-refractivity contribution in [3.05, 3.63) is 29.8 Å². The first-order chi connectivity index (χ1) is 10.2. The highest BCUT2D eigenvalue weighted by Crippen LogP contribution is 2.34. The Morgan fingerprint density at radius 3 is 2.71 bits per heavy atom. The van der Waals surface area contributed by atoms with E-state index in [0.29, 0.717) is 25.6 Å². The third-order valence-corrected chi connectivity index (χ3v) is 4.16. The summed E-state index contributed by atoms with van der Waals surface area (Å²) in [5, 5.41) is 9.83. The fourth-order valence-electron chi connectivity index (χ4n) is 2.54. The van der Waals surface area contributed by atoms with E-state index in [4.69, 9.17) is 14.2 Å². The highest BCUT2D eigenvalue weighted by atomic mass is 16.6. The van der Waals surface area contributed by atoms with Crippen LogP contribution in [0.5, 0.6) is 5.75 Å². The highest BCUT2D eigenvalue weighted by molar-refractivity contribution is 5.36. The number of aliphatic hydroxyl groups is 1. The van der Waals surface area contributed by atoms with Gasteiger partial charge in [-0.1, -0.05) is 32.0 Å². The molecule has 4 atom stereocenters. The number of methoxy groups -OCH3 is 1. The Morgan fingerprint density at radius 2 is 2.05 bits per heavy atom. The van der Waals surface area contributed by atoms with Crippen molar-refractivity contribution in [2.24, 2.45) is 0 Å². The van der Waals surface area contributed by atoms with Crippen molar-refractivity contribution >= 4 is 0 Å². The topological polar surface area (TPSA) is 47.9 Å². The highest BCUT2D eigenvalue weighted by Gasteiger charge is 2.43. The molecule has 2 rings (SSSR count). The summed E-state index contributed by atoms with van der Waals surface area (Å²) in [6.45, 7) is 5.38. The van der Waals surface area contributed by atoms with Gasteiger partial charge in [-0.2, -0.15) is 0 Å². The summed E-state index contributed by atoms with van der Waals surface area (Å²) in [5.41, 5.74) is 1.22. The van der Waals surface area contributed by atoms with E-state index in [0.717, 1.165) is 12.2 Å². The van der Waals surface area contributed by atoms with Crippen LogP contribution in [0.3, 0.4) is 0 Å². The van der Waals surface area contributed by atoms with Crippen LogP contribution in [0.1, 0.15) is 38.2 Å². The number of aliphatic hydroxyl groups excluding tert-OH is 1. The third kappa shape index (κ3) is 3.96. The molecule has 1 fully saturated rings. The van der Waals surface area contributed by atoms with E-state index in [1.165, 1.54) is 5.56 Å². The molecule has 1 aromatic carbocycles. The van der Waals surface area contributed by atoms with Crippen LogP contribution in [-0.2, 0) is 9.47 Å². The number of rotatable bonds is 8. The van der Waals surface area contributed by atoms with Crippen molar-refractivity contribution in [2.75, 3.05) is 20.3 Å². The van der Waals surface area contributed by atoms with E-state index in [1.54, 1.807) is 7.11 Å². The summed E-state index contributed by atoms with van der Waals surface area (Å²) in [7, 11) is 1.64. The maximum atomic E-state index is 9.83. The predicted molar refractivity (Wildman–Crippen MR) is 81.8 cm³/mol. The Hall–Kier alpha value is -1.10. The van der Waals surface area contributed by atoms with Crippen LogP contribution in [0, 0.1) is 0 Å². The lowest BCUT2D eigenvalue weighted by Crippen LogP contribution is -2.55. The van der Waals surface area contributed by atoms with E-state index in [1.807, 2.05) is 18.2 Å². The summed E-state index contributed by atoms with van der Waals surface area (Å²) >= 11 is 0. The molecule has 0 bridgehead atoms. The number of ether oxygens (including phenoxy) is 3. The first kappa shape index (κ1) is 16.3. The average molecular weight is 294 g/mol. The molecular formula is C17H26O4. The third-order valence-electron chi connectivity index (χ3n) is 4.16. The minimum Gasteiger partial charge on any atom is -0.487 e. The second kappa shape index (κ2) is 7.78. The van der Waals surface area contributed by atoms with Gasteiger partial charge >= 0.3 is 0 Å². The Morgan fingerprint density at radius 1 is 1.29 bits per heavy atom. The molecule has 1 saturated carbocycles. The smallest absolute Gasteiger partial charge is 0.130 e. The van der Waals surface area contributed by atoms with Gasteiger partial charge in [-0.05, 0) is 24.0 Å². The van der Waals surface area contributed by atoms with E-state index < -0.39 is 6.10 Å². The van der Waals surface area contributed by atoms with E-state index in [9.17, 15) is 5.11 Å². The number of hydrogen-bond acceptors (Lipinski definition) is 4. The minimum atomic E-state index is -0.442. The van der Waals surface area contributed by atoms with Gasteiger partial charge in [0.1, 0.15) is 18.0 Å². The van der Waals surface area contributed by atoms with Crippen molar-refractivity contribution in [1.29, 1.82) is 0 Å². The SMILES string of the molecule is CCC(C)c1ccccc1OC1CC(O)C1OCCOC. The van der Waals surface area contributed by atoms with Crippen LogP contribution in [0.25, 0.3) is 0 Å². The minimum absolute atomic E-state index is 0.0814. The normalized spacial score (nSPS) is 26.2. The van der Waals surface area contributed by atoms with Gasteiger partial charge in [-0.25, -0.2) is 0 Å². The van der Waals surface area contributed by atoms with Crippen LogP contribution >= 0.6 is 0 Å². The molecule has 1 aromatic rings. The summed E-state index contributed by atoms with van der Waals surface area (Å²) < 4.78 is 16.7. The van der Waals surface area contributed by atoms with Crippen LogP contribution in [0.4, 0.5) is 0 Å². The molecule has 118 valence electrons. The zero-order valence-corrected chi connectivity index (χ0v) is 13.1. The van der Waals surface area contributed by atoms with Crippen molar-refractivity contribution < 1.29 is 19.3 Å². The summed E-state index contributed by atoms with van der Waals surface area (Å²) in [6, 6.07) is 8.13. The van der Waals surface area contributed by atoms with Crippen LogP contribution in [0.15, 0.2) is 24.3 Å². The fourth-order valence-corrected chi connectivity index (χ4v) is 2.54. The predicted octanol–water partition coefficient (Wildman–Crippen LogP) is 2.74. The monoisotopic (exact) mass is 294 g/mol. The first-order valence-electron chi connectivity index (χ1n) is 7.71. The Bertz CT molecular complexity index is 435. The molecule has 0 heterocycles. The zero-order chi connectivity index (χ0) is 15.2. The van der Waals surface area contributed by atoms with Gasteiger partial charge in [0, 0.05) is 13.5 Å². The molecule has 4 heteroatoms. The van der Waals surface area contributed by atoms with Crippen LogP contribution < -0.4 is 4.74 Å². The number of para-hydroxylation sites is 1. The van der Waals surface area contributed by atoms with E-state index >= 15 is 0 Å². The van der Waals surface area contributed by atoms with E-state index in [-0.39, 0.29) is 12.2 Å². The molecule has 21 heavy (non-hydrogen) atoms. The Labute approximate surface area is 127 Å². The van der Waals surface area contributed by atoms with Crippen molar-refractivity contribution in [2.45, 2.75) is 50.9 Å². The molecular weight excluding hydrogens is 268 g/mol. The molecule has 1 aliphatic rings. The molecule has 0 saturated heterocycles. The van der Waals surface area contributed by atoms with Gasteiger partial charge in [0.25, 0.3) is 0 Å². The van der Waals surface area contributed by atoms with E-state index in [2.05, 4.69) is 19.9 Å². The number of hydrogen-bond donors (Lipinski definition) is 1. The largest absolute Gasteiger partial charge is 0.487 e. The maximum absolute atomic E-state index is 9.83. The fraction of sp³-hybridized carbons (Fsp3) is 0.647. The maximum Gasteiger partial charge on any atom is 0.130 e. The van der Waals surface area contributed by atoms with Crippen molar-refractivity contribution in [1.82, 2.24) is 0 Å². The van der Waals surface area contributed by atoms with Gasteiger partial charge in [0.15, 0.2) is 0 Å². The van der Waals surface area contributed by atoms with Gasteiger partial charge in [-0.15, -0.1) is 0 Å². The summed E-state index contributed by atoms with van der Waals surface area (Å²) in [6.07, 6.45) is 0.906. The van der Waals surface area contributed by atoms with Gasteiger partial charge in [0.05, 0.1) is 19.3 Å². The molecule has 0 spiro atoms. The molecule has 4 nitrogen and oxygen atoms in total. The lowest BCUT2D eigenvalue weighted by molar-refractivity contribution is -0.167. The van der Waals surface area contributed by atoms with Crippen LogP contribution in [-0.4, -0.2) is 43.7 Å². The quantitative estimate of drug-likeness (QED) is 0.749. The zero-order valence-electron chi connectivity index (χ0n) is 13.1. The molecule has 0 aromatic heterocycles. The molecule has 0 aliphatic heterocycles. The average Bonchev–Trinajstić information content (AvgIpc) is 2.50. The lowest BCUT2D eigenvalue weighted by Gasteiger charge is -2.41. The molecule has 0 radical (unpaired) electrons. The molecule has 4 unspecified atom stereocenters. The molecule has 0 amide bonds. The first-order valence-corrected chi connectivity index (χ1v) is 7.71. The Balaban J connectivity index is 1.98. The van der Waals surface area contributed by atoms with Crippen molar-refractivity contribution in [3.63, 3.8) is 0 Å². The van der Waals surface area contributed by atoms with Gasteiger partial charge in [-0.3, -0.25) is 0 Å². The Kier molecular flexibility index (Phi) is 6.03. The summed E-state index contributed by atoms with van der Waals surface area (Å²) in [4.78, 5) is 0. The summed E-state index contributed by atoms with van der Waals surface area (Å²) in [5.74, 6) is 1.36. The number of benzene rings is 1. The molecule has 1 aliphatic carbocycles. The van der Waals surface area contributed by atoms with Crippen LogP contribution in [0.2, 0.25) is 0 Å². The second-order valence-electron chi connectivity index (χ2n) is 5.63. The molecule has 1 N–H and O–H groups in total. The standard InChI is InChI=1S/C17H26O4/c1-4-12(2)13-7-5-6-8-15(13)21-16-11-14(18)17(16)20-10-9-19-3/h5-8,12,14,16-18H,4,9-11H2,1-3H3. The van der Waals surface area contributed by atoms with Crippen molar-refractivity contribution in [3.8, 4) is 5.75 Å². The second-order valence-corrected chi connectivity index (χ2v) is 5.63. The lowest BCUT2D eigenvalue weighted by atomic mass is 9.87. The van der Waals surface area contributed by atoms with Gasteiger partial charge in [0.2, 0.25) is 0 Å².